The Morgan fingerprint density at radius 3 is 2.71 bits per heavy atom. The molecule has 0 radical (unpaired) electrons. The van der Waals surface area contributed by atoms with E-state index in [0.29, 0.717) is 5.92 Å². The molecule has 2 saturated heterocycles. The summed E-state index contributed by atoms with van der Waals surface area (Å²) >= 11 is 0. The van der Waals surface area contributed by atoms with Gasteiger partial charge in [0.05, 0.1) is 12.6 Å². The van der Waals surface area contributed by atoms with Crippen LogP contribution in [0.4, 0.5) is 0 Å². The maximum atomic E-state index is 11.6. The Bertz CT molecular complexity index is 213. The van der Waals surface area contributed by atoms with Gasteiger partial charge < -0.3 is 15.2 Å². The molecular weight excluding hydrogens is 182 g/mol. The average molecular weight is 199 g/mol. The lowest BCUT2D eigenvalue weighted by molar-refractivity contribution is -0.125. The van der Waals surface area contributed by atoms with Crippen molar-refractivity contribution in [1.82, 2.24) is 5.32 Å². The Labute approximate surface area is 83.6 Å². The second-order valence-corrected chi connectivity index (χ2v) is 4.18. The Morgan fingerprint density at radius 2 is 2.14 bits per heavy atom. The van der Waals surface area contributed by atoms with Gasteiger partial charge in [0.1, 0.15) is 0 Å². The zero-order chi connectivity index (χ0) is 9.97. The highest BCUT2D eigenvalue weighted by Crippen LogP contribution is 2.30. The van der Waals surface area contributed by atoms with Crippen molar-refractivity contribution in [2.75, 3.05) is 19.8 Å². The van der Waals surface area contributed by atoms with E-state index in [2.05, 4.69) is 5.32 Å². The maximum Gasteiger partial charge on any atom is 0.223 e. The molecule has 0 unspecified atom stereocenters. The number of aliphatic hydroxyl groups is 1. The van der Waals surface area contributed by atoms with Crippen molar-refractivity contribution in [2.45, 2.75) is 25.3 Å². The first-order valence-corrected chi connectivity index (χ1v) is 5.30. The molecular formula is C10H17NO3. The number of amides is 1. The Balaban J connectivity index is 1.93. The fourth-order valence-corrected chi connectivity index (χ4v) is 2.43. The SMILES string of the molecule is O=C1N[C@H](CO)C[C@@H]1C1CCOCC1. The zero-order valence-corrected chi connectivity index (χ0v) is 8.24. The molecule has 4 nitrogen and oxygen atoms in total. The van der Waals surface area contributed by atoms with E-state index in [1.807, 2.05) is 0 Å². The van der Waals surface area contributed by atoms with Gasteiger partial charge in [-0.1, -0.05) is 0 Å². The number of rotatable bonds is 2. The number of ether oxygens (including phenoxy) is 1. The van der Waals surface area contributed by atoms with Crippen LogP contribution in [0.2, 0.25) is 0 Å². The summed E-state index contributed by atoms with van der Waals surface area (Å²) < 4.78 is 5.27. The lowest BCUT2D eigenvalue weighted by atomic mass is 9.84. The molecule has 2 heterocycles. The van der Waals surface area contributed by atoms with Crippen LogP contribution in [-0.4, -0.2) is 36.9 Å². The first kappa shape index (κ1) is 9.93. The lowest BCUT2D eigenvalue weighted by Gasteiger charge is -2.25. The van der Waals surface area contributed by atoms with E-state index >= 15 is 0 Å². The van der Waals surface area contributed by atoms with Crippen molar-refractivity contribution in [2.24, 2.45) is 11.8 Å². The molecule has 2 rings (SSSR count). The Hall–Kier alpha value is -0.610. The molecule has 1 amide bonds. The Kier molecular flexibility index (Phi) is 3.03. The van der Waals surface area contributed by atoms with Crippen LogP contribution in [0.1, 0.15) is 19.3 Å². The van der Waals surface area contributed by atoms with E-state index < -0.39 is 0 Å². The third-order valence-electron chi connectivity index (χ3n) is 3.28. The fourth-order valence-electron chi connectivity index (χ4n) is 2.43. The summed E-state index contributed by atoms with van der Waals surface area (Å²) in [5.74, 6) is 0.687. The monoisotopic (exact) mass is 199 g/mol. The van der Waals surface area contributed by atoms with E-state index in [-0.39, 0.29) is 24.5 Å². The van der Waals surface area contributed by atoms with Gasteiger partial charge >= 0.3 is 0 Å². The molecule has 2 aliphatic heterocycles. The van der Waals surface area contributed by atoms with Crippen LogP contribution in [0, 0.1) is 11.8 Å². The van der Waals surface area contributed by atoms with Crippen molar-refractivity contribution < 1.29 is 14.6 Å². The lowest BCUT2D eigenvalue weighted by Crippen LogP contribution is -2.31. The van der Waals surface area contributed by atoms with E-state index in [0.717, 1.165) is 32.5 Å². The molecule has 0 spiro atoms. The van der Waals surface area contributed by atoms with Gasteiger partial charge in [0.25, 0.3) is 0 Å². The van der Waals surface area contributed by atoms with Gasteiger partial charge in [0.15, 0.2) is 0 Å². The number of carbonyl (C=O) groups excluding carboxylic acids is 1. The van der Waals surface area contributed by atoms with E-state index in [1.54, 1.807) is 0 Å². The molecule has 0 aliphatic carbocycles. The van der Waals surface area contributed by atoms with Gasteiger partial charge in [-0.25, -0.2) is 0 Å². The molecule has 2 aliphatic rings. The first-order valence-electron chi connectivity index (χ1n) is 5.30. The van der Waals surface area contributed by atoms with E-state index in [1.165, 1.54) is 0 Å². The van der Waals surface area contributed by atoms with Crippen molar-refractivity contribution in [3.63, 3.8) is 0 Å². The first-order chi connectivity index (χ1) is 6.81. The minimum atomic E-state index is -0.0182. The van der Waals surface area contributed by atoms with Crippen LogP contribution in [0.25, 0.3) is 0 Å². The molecule has 80 valence electrons. The molecule has 4 heteroatoms. The minimum absolute atomic E-state index is 0.0182. The molecule has 0 aromatic carbocycles. The second kappa shape index (κ2) is 4.28. The smallest absolute Gasteiger partial charge is 0.223 e. The van der Waals surface area contributed by atoms with Crippen LogP contribution in [-0.2, 0) is 9.53 Å². The van der Waals surface area contributed by atoms with Crippen LogP contribution in [0.3, 0.4) is 0 Å². The summed E-state index contributed by atoms with van der Waals surface area (Å²) in [4.78, 5) is 11.6. The molecule has 0 bridgehead atoms. The van der Waals surface area contributed by atoms with E-state index in [9.17, 15) is 4.79 Å². The zero-order valence-electron chi connectivity index (χ0n) is 8.24. The van der Waals surface area contributed by atoms with Crippen LogP contribution < -0.4 is 5.32 Å². The summed E-state index contributed by atoms with van der Waals surface area (Å²) in [6, 6.07) is -0.0182. The van der Waals surface area contributed by atoms with Crippen molar-refractivity contribution in [3.05, 3.63) is 0 Å². The van der Waals surface area contributed by atoms with Crippen molar-refractivity contribution in [3.8, 4) is 0 Å². The molecule has 0 aromatic rings. The molecule has 2 atom stereocenters. The van der Waals surface area contributed by atoms with Crippen LogP contribution in [0.5, 0.6) is 0 Å². The fraction of sp³-hybridized carbons (Fsp3) is 0.900. The predicted octanol–water partition coefficient (Wildman–Crippen LogP) is -0.0900. The molecule has 14 heavy (non-hydrogen) atoms. The predicted molar refractivity (Wildman–Crippen MR) is 50.7 cm³/mol. The standard InChI is InChI=1S/C10H17NO3/c12-6-8-5-9(10(13)11-8)7-1-3-14-4-2-7/h7-9,12H,1-6H2,(H,11,13)/t8-,9+/m0/s1. The van der Waals surface area contributed by atoms with Crippen LogP contribution in [0.15, 0.2) is 0 Å². The van der Waals surface area contributed by atoms with Gasteiger partial charge in [-0.05, 0) is 25.2 Å². The summed E-state index contributed by atoms with van der Waals surface area (Å²) in [5.41, 5.74) is 0. The molecule has 2 N–H and O–H groups in total. The summed E-state index contributed by atoms with van der Waals surface area (Å²) in [6.45, 7) is 1.61. The quantitative estimate of drug-likeness (QED) is 0.653. The highest BCUT2D eigenvalue weighted by Gasteiger charge is 2.37. The topological polar surface area (TPSA) is 58.6 Å². The average Bonchev–Trinajstić information content (AvgIpc) is 2.61. The van der Waals surface area contributed by atoms with Crippen LogP contribution >= 0.6 is 0 Å². The third kappa shape index (κ3) is 1.91. The third-order valence-corrected chi connectivity index (χ3v) is 3.28. The second-order valence-electron chi connectivity index (χ2n) is 4.18. The molecule has 0 saturated carbocycles. The summed E-state index contributed by atoms with van der Waals surface area (Å²) in [5, 5.41) is 11.8. The minimum Gasteiger partial charge on any atom is -0.394 e. The molecule has 2 fully saturated rings. The highest BCUT2D eigenvalue weighted by molar-refractivity contribution is 5.81. The summed E-state index contributed by atoms with van der Waals surface area (Å²) in [7, 11) is 0. The van der Waals surface area contributed by atoms with Gasteiger partial charge in [-0.2, -0.15) is 0 Å². The van der Waals surface area contributed by atoms with Gasteiger partial charge in [0, 0.05) is 19.1 Å². The number of aliphatic hydroxyl groups excluding tert-OH is 1. The van der Waals surface area contributed by atoms with Gasteiger partial charge in [0.2, 0.25) is 5.91 Å². The number of hydrogen-bond donors (Lipinski definition) is 2. The summed E-state index contributed by atoms with van der Waals surface area (Å²) in [6.07, 6.45) is 2.76. The largest absolute Gasteiger partial charge is 0.394 e. The highest BCUT2D eigenvalue weighted by atomic mass is 16.5. The van der Waals surface area contributed by atoms with Crippen molar-refractivity contribution >= 4 is 5.91 Å². The number of nitrogens with one attached hydrogen (secondary N) is 1. The maximum absolute atomic E-state index is 11.6. The Morgan fingerprint density at radius 1 is 1.43 bits per heavy atom. The normalized spacial score (nSPS) is 34.5. The number of hydrogen-bond acceptors (Lipinski definition) is 3. The number of carbonyl (C=O) groups is 1. The van der Waals surface area contributed by atoms with E-state index in [4.69, 9.17) is 9.84 Å². The van der Waals surface area contributed by atoms with Gasteiger partial charge in [-0.3, -0.25) is 4.79 Å². The van der Waals surface area contributed by atoms with Crippen molar-refractivity contribution in [1.29, 1.82) is 0 Å². The molecule has 0 aromatic heterocycles. The van der Waals surface area contributed by atoms with Gasteiger partial charge in [-0.15, -0.1) is 0 Å².